The van der Waals surface area contributed by atoms with Crippen LogP contribution in [-0.4, -0.2) is 56.7 Å². The van der Waals surface area contributed by atoms with Gasteiger partial charge in [-0.2, -0.15) is 0 Å². The number of anilines is 1. The highest BCUT2D eigenvalue weighted by atomic mass is 35.5. The van der Waals surface area contributed by atoms with Crippen molar-refractivity contribution in [3.63, 3.8) is 0 Å². The first-order valence-corrected chi connectivity index (χ1v) is 10.2. The van der Waals surface area contributed by atoms with Crippen molar-refractivity contribution in [1.29, 1.82) is 0 Å². The molecule has 0 unspecified atom stereocenters. The molecule has 2 aromatic rings. The molecule has 3 rings (SSSR count). The first kappa shape index (κ1) is 20.6. The van der Waals surface area contributed by atoms with Crippen molar-refractivity contribution in [2.45, 2.75) is 13.0 Å². The molecule has 0 saturated carbocycles. The Balaban J connectivity index is 1.26. The fourth-order valence-electron chi connectivity index (χ4n) is 3.28. The standard InChI is InChI=1S/C22H28ClN3O2/c23-20-9-4-5-10-21(20)26-14-12-25(13-15-26)17-22(27)24-11-6-16-28-18-19-7-2-1-3-8-19/h1-5,7-10H,6,11-18H2,(H,24,27). The zero-order chi connectivity index (χ0) is 19.6. The molecule has 0 bridgehead atoms. The van der Waals surface area contributed by atoms with Gasteiger partial charge in [0.15, 0.2) is 0 Å². The fourth-order valence-corrected chi connectivity index (χ4v) is 3.54. The Morgan fingerprint density at radius 2 is 1.71 bits per heavy atom. The van der Waals surface area contributed by atoms with E-state index in [2.05, 4.69) is 15.1 Å². The molecule has 1 amide bonds. The predicted molar refractivity (Wildman–Crippen MR) is 114 cm³/mol. The number of hydrogen-bond acceptors (Lipinski definition) is 4. The molecule has 1 heterocycles. The minimum Gasteiger partial charge on any atom is -0.377 e. The van der Waals surface area contributed by atoms with Gasteiger partial charge in [0.25, 0.3) is 0 Å². The summed E-state index contributed by atoms with van der Waals surface area (Å²) >= 11 is 6.28. The van der Waals surface area contributed by atoms with Gasteiger partial charge in [-0.15, -0.1) is 0 Å². The second kappa shape index (κ2) is 11.1. The number of amides is 1. The Morgan fingerprint density at radius 3 is 2.46 bits per heavy atom. The number of carbonyl (C=O) groups excluding carboxylic acids is 1. The van der Waals surface area contributed by atoms with Gasteiger partial charge in [0, 0.05) is 39.3 Å². The summed E-state index contributed by atoms with van der Waals surface area (Å²) in [6.45, 7) is 5.83. The lowest BCUT2D eigenvalue weighted by Crippen LogP contribution is -2.49. The normalized spacial score (nSPS) is 14.8. The maximum Gasteiger partial charge on any atom is 0.234 e. The van der Waals surface area contributed by atoms with Crippen LogP contribution in [0.3, 0.4) is 0 Å². The number of piperazine rings is 1. The van der Waals surface area contributed by atoms with E-state index in [0.717, 1.165) is 43.3 Å². The summed E-state index contributed by atoms with van der Waals surface area (Å²) in [6.07, 6.45) is 0.818. The third-order valence-corrected chi connectivity index (χ3v) is 5.15. The molecule has 2 aromatic carbocycles. The van der Waals surface area contributed by atoms with Crippen molar-refractivity contribution in [2.75, 3.05) is 50.8 Å². The number of halogens is 1. The van der Waals surface area contributed by atoms with Crippen LogP contribution in [0.5, 0.6) is 0 Å². The molecule has 0 aliphatic carbocycles. The van der Waals surface area contributed by atoms with Gasteiger partial charge in [-0.3, -0.25) is 9.69 Å². The third-order valence-electron chi connectivity index (χ3n) is 4.83. The molecule has 1 aliphatic heterocycles. The van der Waals surface area contributed by atoms with Crippen molar-refractivity contribution in [3.05, 3.63) is 65.2 Å². The van der Waals surface area contributed by atoms with Crippen LogP contribution in [0.25, 0.3) is 0 Å². The Hall–Kier alpha value is -2.08. The zero-order valence-corrected chi connectivity index (χ0v) is 16.9. The van der Waals surface area contributed by atoms with Gasteiger partial charge in [0.2, 0.25) is 5.91 Å². The first-order chi connectivity index (χ1) is 13.7. The number of para-hydroxylation sites is 1. The molecule has 0 spiro atoms. The molecule has 6 heteroatoms. The van der Waals surface area contributed by atoms with Crippen LogP contribution in [-0.2, 0) is 16.1 Å². The molecular weight excluding hydrogens is 374 g/mol. The Bertz CT molecular complexity index is 734. The van der Waals surface area contributed by atoms with Crippen molar-refractivity contribution < 1.29 is 9.53 Å². The van der Waals surface area contributed by atoms with E-state index in [-0.39, 0.29) is 5.91 Å². The number of rotatable bonds is 9. The van der Waals surface area contributed by atoms with Crippen LogP contribution >= 0.6 is 11.6 Å². The predicted octanol–water partition coefficient (Wildman–Crippen LogP) is 3.19. The Morgan fingerprint density at radius 1 is 1.00 bits per heavy atom. The molecule has 0 radical (unpaired) electrons. The molecule has 1 saturated heterocycles. The molecule has 150 valence electrons. The lowest BCUT2D eigenvalue weighted by molar-refractivity contribution is -0.122. The van der Waals surface area contributed by atoms with E-state index < -0.39 is 0 Å². The maximum atomic E-state index is 12.1. The number of ether oxygens (including phenoxy) is 1. The molecule has 0 atom stereocenters. The average Bonchev–Trinajstić information content (AvgIpc) is 2.72. The van der Waals surface area contributed by atoms with E-state index in [9.17, 15) is 4.79 Å². The number of hydrogen-bond donors (Lipinski definition) is 1. The highest BCUT2D eigenvalue weighted by Crippen LogP contribution is 2.25. The van der Waals surface area contributed by atoms with Crippen LogP contribution in [0.4, 0.5) is 5.69 Å². The molecule has 1 fully saturated rings. The van der Waals surface area contributed by atoms with E-state index >= 15 is 0 Å². The number of nitrogens with zero attached hydrogens (tertiary/aromatic N) is 2. The fraction of sp³-hybridized carbons (Fsp3) is 0.409. The van der Waals surface area contributed by atoms with Crippen molar-refractivity contribution in [2.24, 2.45) is 0 Å². The Kier molecular flexibility index (Phi) is 8.15. The van der Waals surface area contributed by atoms with Crippen LogP contribution in [0.15, 0.2) is 54.6 Å². The van der Waals surface area contributed by atoms with Gasteiger partial charge in [-0.1, -0.05) is 54.1 Å². The van der Waals surface area contributed by atoms with Crippen LogP contribution in [0.1, 0.15) is 12.0 Å². The molecule has 28 heavy (non-hydrogen) atoms. The lowest BCUT2D eigenvalue weighted by atomic mass is 10.2. The zero-order valence-electron chi connectivity index (χ0n) is 16.1. The molecule has 1 aliphatic rings. The van der Waals surface area contributed by atoms with Crippen LogP contribution in [0, 0.1) is 0 Å². The summed E-state index contributed by atoms with van der Waals surface area (Å²) in [5.41, 5.74) is 2.24. The number of nitrogens with one attached hydrogen (secondary N) is 1. The van der Waals surface area contributed by atoms with Crippen molar-refractivity contribution in [1.82, 2.24) is 10.2 Å². The van der Waals surface area contributed by atoms with Crippen LogP contribution < -0.4 is 10.2 Å². The highest BCUT2D eigenvalue weighted by molar-refractivity contribution is 6.33. The minimum atomic E-state index is 0.0780. The smallest absolute Gasteiger partial charge is 0.234 e. The van der Waals surface area contributed by atoms with E-state index in [4.69, 9.17) is 16.3 Å². The molecule has 5 nitrogen and oxygen atoms in total. The second-order valence-electron chi connectivity index (χ2n) is 6.96. The minimum absolute atomic E-state index is 0.0780. The molecule has 1 N–H and O–H groups in total. The summed E-state index contributed by atoms with van der Waals surface area (Å²) in [6, 6.07) is 18.0. The SMILES string of the molecule is O=C(CN1CCN(c2ccccc2Cl)CC1)NCCCOCc1ccccc1. The average molecular weight is 402 g/mol. The third kappa shape index (κ3) is 6.51. The Labute approximate surface area is 172 Å². The quantitative estimate of drug-likeness (QED) is 0.655. The van der Waals surface area contributed by atoms with Gasteiger partial charge in [-0.25, -0.2) is 0 Å². The summed E-state index contributed by atoms with van der Waals surface area (Å²) in [7, 11) is 0. The summed E-state index contributed by atoms with van der Waals surface area (Å²) in [5.74, 6) is 0.0780. The second-order valence-corrected chi connectivity index (χ2v) is 7.36. The topological polar surface area (TPSA) is 44.8 Å². The number of benzene rings is 2. The number of carbonyl (C=O) groups is 1. The lowest BCUT2D eigenvalue weighted by Gasteiger charge is -2.36. The molecular formula is C22H28ClN3O2. The van der Waals surface area contributed by atoms with E-state index in [0.29, 0.717) is 26.3 Å². The van der Waals surface area contributed by atoms with E-state index in [1.54, 1.807) is 0 Å². The van der Waals surface area contributed by atoms with Crippen molar-refractivity contribution >= 4 is 23.2 Å². The highest BCUT2D eigenvalue weighted by Gasteiger charge is 2.20. The summed E-state index contributed by atoms with van der Waals surface area (Å²) < 4.78 is 5.64. The monoisotopic (exact) mass is 401 g/mol. The maximum absolute atomic E-state index is 12.1. The van der Waals surface area contributed by atoms with Gasteiger partial charge < -0.3 is 15.0 Å². The summed E-state index contributed by atoms with van der Waals surface area (Å²) in [5, 5.41) is 3.77. The van der Waals surface area contributed by atoms with Crippen molar-refractivity contribution in [3.8, 4) is 0 Å². The van der Waals surface area contributed by atoms with Gasteiger partial charge in [0.1, 0.15) is 0 Å². The summed E-state index contributed by atoms with van der Waals surface area (Å²) in [4.78, 5) is 16.6. The largest absolute Gasteiger partial charge is 0.377 e. The van der Waals surface area contributed by atoms with Gasteiger partial charge in [-0.05, 0) is 24.1 Å². The van der Waals surface area contributed by atoms with Crippen LogP contribution in [0.2, 0.25) is 5.02 Å². The molecule has 0 aromatic heterocycles. The van der Waals surface area contributed by atoms with Gasteiger partial charge in [0.05, 0.1) is 23.9 Å². The van der Waals surface area contributed by atoms with Gasteiger partial charge >= 0.3 is 0 Å². The van der Waals surface area contributed by atoms with E-state index in [1.165, 1.54) is 5.56 Å². The first-order valence-electron chi connectivity index (χ1n) is 9.82. The van der Waals surface area contributed by atoms with E-state index in [1.807, 2.05) is 54.6 Å².